The summed E-state index contributed by atoms with van der Waals surface area (Å²) in [6.45, 7) is 1.08. The second-order valence-electron chi connectivity index (χ2n) is 3.54. The lowest BCUT2D eigenvalue weighted by atomic mass is 10.1. The van der Waals surface area contributed by atoms with Gasteiger partial charge in [-0.3, -0.25) is 4.79 Å². The van der Waals surface area contributed by atoms with Crippen LogP contribution in [-0.2, 0) is 4.79 Å². The Balaban J connectivity index is 2.42. The highest BCUT2D eigenvalue weighted by molar-refractivity contribution is 5.77. The lowest BCUT2D eigenvalue weighted by molar-refractivity contribution is -0.138. The zero-order valence-electron chi connectivity index (χ0n) is 8.68. The van der Waals surface area contributed by atoms with Gasteiger partial charge in [0.1, 0.15) is 6.04 Å². The SMILES string of the molecule is NC(C(=O)O)c1cccc2c1OCCCO2. The minimum atomic E-state index is -1.09. The van der Waals surface area contributed by atoms with Gasteiger partial charge in [0, 0.05) is 12.0 Å². The van der Waals surface area contributed by atoms with Crippen molar-refractivity contribution in [2.45, 2.75) is 12.5 Å². The van der Waals surface area contributed by atoms with Crippen molar-refractivity contribution < 1.29 is 19.4 Å². The third-order valence-electron chi connectivity index (χ3n) is 2.40. The smallest absolute Gasteiger partial charge is 0.325 e. The Morgan fingerprint density at radius 1 is 1.38 bits per heavy atom. The first kappa shape index (κ1) is 10.8. The molecule has 1 aliphatic heterocycles. The van der Waals surface area contributed by atoms with E-state index in [1.165, 1.54) is 0 Å². The van der Waals surface area contributed by atoms with E-state index >= 15 is 0 Å². The van der Waals surface area contributed by atoms with Crippen molar-refractivity contribution in [1.82, 2.24) is 0 Å². The molecule has 0 spiro atoms. The van der Waals surface area contributed by atoms with E-state index < -0.39 is 12.0 Å². The van der Waals surface area contributed by atoms with E-state index in [0.717, 1.165) is 6.42 Å². The first-order valence-electron chi connectivity index (χ1n) is 5.07. The molecule has 0 saturated heterocycles. The van der Waals surface area contributed by atoms with Gasteiger partial charge in [-0.25, -0.2) is 0 Å². The molecule has 1 unspecified atom stereocenters. The van der Waals surface area contributed by atoms with E-state index in [-0.39, 0.29) is 0 Å². The lowest BCUT2D eigenvalue weighted by Crippen LogP contribution is -2.21. The van der Waals surface area contributed by atoms with Crippen LogP contribution in [0, 0.1) is 0 Å². The number of carboxylic acids is 1. The Morgan fingerprint density at radius 2 is 2.12 bits per heavy atom. The number of hydrogen-bond donors (Lipinski definition) is 2. The van der Waals surface area contributed by atoms with Gasteiger partial charge in [0.25, 0.3) is 0 Å². The summed E-state index contributed by atoms with van der Waals surface area (Å²) < 4.78 is 10.9. The minimum absolute atomic E-state index is 0.451. The monoisotopic (exact) mass is 223 g/mol. The first-order chi connectivity index (χ1) is 7.70. The first-order valence-corrected chi connectivity index (χ1v) is 5.07. The van der Waals surface area contributed by atoms with E-state index in [0.29, 0.717) is 30.3 Å². The zero-order valence-corrected chi connectivity index (χ0v) is 8.68. The number of hydrogen-bond acceptors (Lipinski definition) is 4. The molecule has 5 nitrogen and oxygen atoms in total. The number of carbonyl (C=O) groups is 1. The molecule has 86 valence electrons. The van der Waals surface area contributed by atoms with Crippen LogP contribution < -0.4 is 15.2 Å². The number of ether oxygens (including phenoxy) is 2. The van der Waals surface area contributed by atoms with Crippen LogP contribution in [0.3, 0.4) is 0 Å². The van der Waals surface area contributed by atoms with Gasteiger partial charge >= 0.3 is 5.97 Å². The summed E-state index contributed by atoms with van der Waals surface area (Å²) >= 11 is 0. The van der Waals surface area contributed by atoms with Gasteiger partial charge in [0.05, 0.1) is 13.2 Å². The van der Waals surface area contributed by atoms with E-state index in [1.54, 1.807) is 18.2 Å². The normalized spacial score (nSPS) is 16.3. The van der Waals surface area contributed by atoms with Crippen molar-refractivity contribution in [3.05, 3.63) is 23.8 Å². The van der Waals surface area contributed by atoms with Gasteiger partial charge in [-0.15, -0.1) is 0 Å². The van der Waals surface area contributed by atoms with Crippen LogP contribution in [-0.4, -0.2) is 24.3 Å². The minimum Gasteiger partial charge on any atom is -0.490 e. The summed E-state index contributed by atoms with van der Waals surface area (Å²) in [5.41, 5.74) is 6.03. The van der Waals surface area contributed by atoms with Gasteiger partial charge in [-0.1, -0.05) is 12.1 Å². The van der Waals surface area contributed by atoms with E-state index in [2.05, 4.69) is 0 Å². The Labute approximate surface area is 92.8 Å². The highest BCUT2D eigenvalue weighted by Crippen LogP contribution is 2.35. The molecule has 2 rings (SSSR count). The summed E-state index contributed by atoms with van der Waals surface area (Å²) in [7, 11) is 0. The largest absolute Gasteiger partial charge is 0.490 e. The second-order valence-corrected chi connectivity index (χ2v) is 3.54. The van der Waals surface area contributed by atoms with Crippen LogP contribution in [0.15, 0.2) is 18.2 Å². The maximum absolute atomic E-state index is 10.9. The average molecular weight is 223 g/mol. The third kappa shape index (κ3) is 1.94. The predicted octanol–water partition coefficient (Wildman–Crippen LogP) is 0.932. The van der Waals surface area contributed by atoms with Crippen LogP contribution >= 0.6 is 0 Å². The molecule has 16 heavy (non-hydrogen) atoms. The Kier molecular flexibility index (Phi) is 2.96. The topological polar surface area (TPSA) is 81.8 Å². The van der Waals surface area contributed by atoms with Crippen molar-refractivity contribution in [1.29, 1.82) is 0 Å². The Bertz CT molecular complexity index is 405. The van der Waals surface area contributed by atoms with Crippen molar-refractivity contribution in [2.75, 3.05) is 13.2 Å². The Morgan fingerprint density at radius 3 is 2.88 bits per heavy atom. The van der Waals surface area contributed by atoms with Gasteiger partial charge < -0.3 is 20.3 Å². The molecule has 1 heterocycles. The fourth-order valence-corrected chi connectivity index (χ4v) is 1.59. The van der Waals surface area contributed by atoms with Gasteiger partial charge in [-0.05, 0) is 6.07 Å². The molecule has 5 heteroatoms. The Hall–Kier alpha value is -1.75. The number of fused-ring (bicyclic) bond motifs is 1. The molecule has 0 fully saturated rings. The molecular weight excluding hydrogens is 210 g/mol. The molecule has 0 aliphatic carbocycles. The average Bonchev–Trinajstić information content (AvgIpc) is 2.52. The lowest BCUT2D eigenvalue weighted by Gasteiger charge is -2.14. The maximum Gasteiger partial charge on any atom is 0.325 e. The molecular formula is C11H13NO4. The van der Waals surface area contributed by atoms with Crippen LogP contribution in [0.5, 0.6) is 11.5 Å². The fraction of sp³-hybridized carbons (Fsp3) is 0.364. The van der Waals surface area contributed by atoms with E-state index in [4.69, 9.17) is 20.3 Å². The van der Waals surface area contributed by atoms with E-state index in [1.807, 2.05) is 0 Å². The molecule has 3 N–H and O–H groups in total. The zero-order chi connectivity index (χ0) is 11.5. The van der Waals surface area contributed by atoms with Crippen LogP contribution in [0.1, 0.15) is 18.0 Å². The molecule has 0 aromatic heterocycles. The van der Waals surface area contributed by atoms with Gasteiger partial charge in [0.15, 0.2) is 11.5 Å². The molecule has 1 aromatic rings. The third-order valence-corrected chi connectivity index (χ3v) is 2.40. The number of para-hydroxylation sites is 1. The van der Waals surface area contributed by atoms with E-state index in [9.17, 15) is 4.79 Å². The number of aliphatic carboxylic acids is 1. The highest BCUT2D eigenvalue weighted by Gasteiger charge is 2.22. The second kappa shape index (κ2) is 4.40. The predicted molar refractivity (Wildman–Crippen MR) is 56.6 cm³/mol. The molecule has 0 saturated carbocycles. The van der Waals surface area contributed by atoms with Crippen molar-refractivity contribution in [3.63, 3.8) is 0 Å². The van der Waals surface area contributed by atoms with Crippen molar-refractivity contribution in [3.8, 4) is 11.5 Å². The molecule has 1 aliphatic rings. The van der Waals surface area contributed by atoms with Gasteiger partial charge in [0.2, 0.25) is 0 Å². The van der Waals surface area contributed by atoms with Crippen LogP contribution in [0.2, 0.25) is 0 Å². The summed E-state index contributed by atoms with van der Waals surface area (Å²) in [4.78, 5) is 10.9. The quantitative estimate of drug-likeness (QED) is 0.779. The summed E-state index contributed by atoms with van der Waals surface area (Å²) in [5, 5.41) is 8.89. The fourth-order valence-electron chi connectivity index (χ4n) is 1.59. The van der Waals surface area contributed by atoms with Crippen molar-refractivity contribution in [2.24, 2.45) is 5.73 Å². The maximum atomic E-state index is 10.9. The highest BCUT2D eigenvalue weighted by atomic mass is 16.5. The number of benzene rings is 1. The number of rotatable bonds is 2. The van der Waals surface area contributed by atoms with Gasteiger partial charge in [-0.2, -0.15) is 0 Å². The summed E-state index contributed by atoms with van der Waals surface area (Å²) in [6.07, 6.45) is 0.774. The molecule has 0 radical (unpaired) electrons. The summed E-state index contributed by atoms with van der Waals surface area (Å²) in [6, 6.07) is 4.02. The number of carboxylic acid groups (broad SMARTS) is 1. The molecule has 0 bridgehead atoms. The molecule has 1 aromatic carbocycles. The van der Waals surface area contributed by atoms with Crippen LogP contribution in [0.25, 0.3) is 0 Å². The summed E-state index contributed by atoms with van der Waals surface area (Å²) in [5.74, 6) is -0.0668. The van der Waals surface area contributed by atoms with Crippen molar-refractivity contribution >= 4 is 5.97 Å². The standard InChI is InChI=1S/C11H13NO4/c12-9(11(13)14)7-3-1-4-8-10(7)16-6-2-5-15-8/h1,3-4,9H,2,5-6,12H2,(H,13,14). The van der Waals surface area contributed by atoms with Crippen LogP contribution in [0.4, 0.5) is 0 Å². The molecule has 0 amide bonds. The molecule has 1 atom stereocenters. The number of nitrogens with two attached hydrogens (primary N) is 1.